The maximum absolute atomic E-state index is 13.0. The first-order valence-corrected chi connectivity index (χ1v) is 7.68. The fraction of sp³-hybridized carbons (Fsp3) is 0.188. The second-order valence-electron chi connectivity index (χ2n) is 5.30. The lowest BCUT2D eigenvalue weighted by molar-refractivity contribution is -0.288. The van der Waals surface area contributed by atoms with Crippen LogP contribution in [0, 0.1) is 17.4 Å². The van der Waals surface area contributed by atoms with E-state index in [-0.39, 0.29) is 17.4 Å². The number of benzene rings is 2. The van der Waals surface area contributed by atoms with Gasteiger partial charge in [0.05, 0.1) is 11.0 Å². The Morgan fingerprint density at radius 1 is 1.12 bits per heavy atom. The molecule has 0 bridgehead atoms. The van der Waals surface area contributed by atoms with Gasteiger partial charge in [0.15, 0.2) is 11.6 Å². The molecule has 0 aliphatic rings. The number of imidazole rings is 1. The number of nitrogens with zero attached hydrogens (tertiary/aromatic N) is 2. The number of alkyl halides is 3. The molecule has 0 N–H and O–H groups in total. The van der Waals surface area contributed by atoms with Crippen molar-refractivity contribution in [3.05, 3.63) is 63.6 Å². The average molecular weight is 378 g/mol. The Morgan fingerprint density at radius 2 is 1.79 bits per heavy atom. The van der Waals surface area contributed by atoms with Crippen LogP contribution in [0.2, 0.25) is 10.0 Å². The molecule has 24 heavy (non-hydrogen) atoms. The van der Waals surface area contributed by atoms with Gasteiger partial charge < -0.3 is 4.57 Å². The molecule has 0 fully saturated rings. The predicted molar refractivity (Wildman–Crippen MR) is 80.6 cm³/mol. The first-order valence-electron chi connectivity index (χ1n) is 6.90. The van der Waals surface area contributed by atoms with Crippen molar-refractivity contribution in [2.75, 3.05) is 0 Å². The molecule has 0 spiro atoms. The van der Waals surface area contributed by atoms with Crippen LogP contribution in [0.1, 0.15) is 11.4 Å². The normalized spacial score (nSPS) is 12.1. The van der Waals surface area contributed by atoms with Crippen LogP contribution in [-0.2, 0) is 13.0 Å². The van der Waals surface area contributed by atoms with Gasteiger partial charge in [-0.25, -0.2) is 9.37 Å². The minimum absolute atomic E-state index is 0.124. The molecule has 0 saturated carbocycles. The third kappa shape index (κ3) is 3.65. The molecular formula is C16H11Cl2F4N2+. The summed E-state index contributed by atoms with van der Waals surface area (Å²) in [6.45, 7) is 0.124. The summed E-state index contributed by atoms with van der Waals surface area (Å²) in [5.41, 5.74) is 1.46. The van der Waals surface area contributed by atoms with E-state index in [1.165, 1.54) is 41.0 Å². The van der Waals surface area contributed by atoms with Crippen molar-refractivity contribution in [2.24, 2.45) is 0 Å². The minimum atomic E-state index is -4.40. The number of rotatable bonds is 3. The van der Waals surface area contributed by atoms with Crippen LogP contribution in [0.25, 0.3) is 11.0 Å². The molecule has 2 aromatic carbocycles. The predicted octanol–water partition coefficient (Wildman–Crippen LogP) is 4.68. The monoisotopic (exact) mass is 377 g/mol. The summed E-state index contributed by atoms with van der Waals surface area (Å²) < 4.78 is 53.0. The highest BCUT2D eigenvalue weighted by Crippen LogP contribution is 2.29. The highest BCUT2D eigenvalue weighted by atomic mass is 35.5. The molecule has 0 radical (unpaired) electrons. The summed E-state index contributed by atoms with van der Waals surface area (Å²) in [6.07, 6.45) is -5.57. The zero-order valence-electron chi connectivity index (χ0n) is 12.1. The molecule has 0 amide bonds. The molecule has 0 atom stereocenters. The second kappa shape index (κ2) is 6.26. The number of hydrogen-bond donors (Lipinski definition) is 0. The minimum Gasteiger partial charge on any atom is -0.323 e. The van der Waals surface area contributed by atoms with E-state index >= 15 is 0 Å². The lowest BCUT2D eigenvalue weighted by atomic mass is 10.2. The summed E-state index contributed by atoms with van der Waals surface area (Å²) in [4.78, 5) is 4.05. The largest absolute Gasteiger partial charge is 0.396 e. The van der Waals surface area contributed by atoms with E-state index in [0.29, 0.717) is 21.6 Å². The molecule has 2 nitrogen and oxygen atoms in total. The molecule has 3 rings (SSSR count). The first kappa shape index (κ1) is 17.0. The smallest absolute Gasteiger partial charge is 0.323 e. The highest BCUT2D eigenvalue weighted by molar-refractivity contribution is 6.31. The summed E-state index contributed by atoms with van der Waals surface area (Å²) >= 11 is 11.0. The van der Waals surface area contributed by atoms with Crippen molar-refractivity contribution < 1.29 is 29.2 Å². The number of fused-ring (bicyclic) bond motifs is 1. The van der Waals surface area contributed by atoms with Crippen molar-refractivity contribution in [1.82, 2.24) is 9.55 Å². The van der Waals surface area contributed by atoms with Crippen LogP contribution >= 0.6 is 11.6 Å². The van der Waals surface area contributed by atoms with Crippen molar-refractivity contribution in [1.29, 1.82) is 0 Å². The van der Waals surface area contributed by atoms with Gasteiger partial charge in [-0.15, -0.1) is 0 Å². The van der Waals surface area contributed by atoms with E-state index in [1.54, 1.807) is 0 Å². The van der Waals surface area contributed by atoms with E-state index in [0.717, 1.165) is 0 Å². The van der Waals surface area contributed by atoms with Crippen molar-refractivity contribution in [3.63, 3.8) is 0 Å². The SMILES string of the molecule is Fc1ccc(Cn2c(CC(F)(F)F)nc3cc(Cl)c([ClH+])cc32)cc1. The van der Waals surface area contributed by atoms with Crippen LogP contribution < -0.4 is 0 Å². The number of aromatic nitrogens is 2. The van der Waals surface area contributed by atoms with E-state index in [2.05, 4.69) is 4.98 Å². The van der Waals surface area contributed by atoms with Crippen molar-refractivity contribution >= 4 is 22.6 Å². The summed E-state index contributed by atoms with van der Waals surface area (Å²) in [7, 11) is 0. The lowest BCUT2D eigenvalue weighted by Gasteiger charge is -2.11. The quantitative estimate of drug-likeness (QED) is 0.606. The Labute approximate surface area is 144 Å². The van der Waals surface area contributed by atoms with Gasteiger partial charge in [0.25, 0.3) is 0 Å². The molecule has 1 aromatic heterocycles. The molecule has 0 unspecified atom stereocenters. The lowest BCUT2D eigenvalue weighted by Crippen LogP contribution is -2.16. The molecule has 0 aliphatic carbocycles. The summed E-state index contributed by atoms with van der Waals surface area (Å²) in [5, 5.41) is 0.602. The zero-order chi connectivity index (χ0) is 17.5. The van der Waals surface area contributed by atoms with Gasteiger partial charge in [-0.1, -0.05) is 23.7 Å². The Kier molecular flexibility index (Phi) is 4.44. The van der Waals surface area contributed by atoms with Gasteiger partial charge in [0.1, 0.15) is 23.1 Å². The zero-order valence-corrected chi connectivity index (χ0v) is 13.6. The average Bonchev–Trinajstić information content (AvgIpc) is 2.77. The molecule has 0 saturated heterocycles. The Bertz CT molecular complexity index is 886. The molecule has 1 heterocycles. The van der Waals surface area contributed by atoms with Crippen LogP contribution in [0.5, 0.6) is 0 Å². The van der Waals surface area contributed by atoms with E-state index in [9.17, 15) is 17.6 Å². The van der Waals surface area contributed by atoms with Gasteiger partial charge in [-0.3, -0.25) is 0 Å². The highest BCUT2D eigenvalue weighted by Gasteiger charge is 2.31. The van der Waals surface area contributed by atoms with Gasteiger partial charge >= 0.3 is 6.18 Å². The van der Waals surface area contributed by atoms with Gasteiger partial charge in [0.2, 0.25) is 5.02 Å². The Morgan fingerprint density at radius 3 is 2.42 bits per heavy atom. The summed E-state index contributed by atoms with van der Waals surface area (Å²) in [5.74, 6) is -0.553. The fourth-order valence-electron chi connectivity index (χ4n) is 2.44. The molecule has 126 valence electrons. The third-order valence-electron chi connectivity index (χ3n) is 3.49. The molecule has 0 aliphatic heterocycles. The van der Waals surface area contributed by atoms with Crippen LogP contribution in [0.3, 0.4) is 0 Å². The van der Waals surface area contributed by atoms with Crippen LogP contribution in [-0.4, -0.2) is 15.7 Å². The maximum atomic E-state index is 13.0. The van der Waals surface area contributed by atoms with Crippen molar-refractivity contribution in [3.8, 4) is 0 Å². The second-order valence-corrected chi connectivity index (χ2v) is 6.15. The molecular weight excluding hydrogens is 367 g/mol. The van der Waals surface area contributed by atoms with Crippen LogP contribution in [0.15, 0.2) is 36.4 Å². The van der Waals surface area contributed by atoms with Gasteiger partial charge in [-0.2, -0.15) is 13.2 Å². The Balaban J connectivity index is 2.12. The molecule has 3 aromatic rings. The maximum Gasteiger partial charge on any atom is 0.396 e. The van der Waals surface area contributed by atoms with E-state index in [4.69, 9.17) is 23.2 Å². The van der Waals surface area contributed by atoms with Crippen LogP contribution in [0.4, 0.5) is 17.6 Å². The fourth-order valence-corrected chi connectivity index (χ4v) is 2.77. The first-order chi connectivity index (χ1) is 11.2. The summed E-state index contributed by atoms with van der Waals surface area (Å²) in [6, 6.07) is 8.54. The standard InChI is InChI=1S/C16H11Cl2F4N2/c17-11-5-13-14(6-12(11)18)24(15(23-13)7-16(20,21)22)8-9-1-3-10(19)4-2-9/h1-6,18H,7-8H2/q+1. The Hall–Kier alpha value is -1.79. The van der Waals surface area contributed by atoms with Crippen molar-refractivity contribution in [2.45, 2.75) is 19.1 Å². The number of halogens is 6. The van der Waals surface area contributed by atoms with Gasteiger partial charge in [-0.05, 0) is 23.8 Å². The van der Waals surface area contributed by atoms with E-state index in [1.807, 2.05) is 0 Å². The third-order valence-corrected chi connectivity index (χ3v) is 4.26. The topological polar surface area (TPSA) is 17.8 Å². The molecule has 8 heteroatoms. The number of hydrogen-bond acceptors (Lipinski definition) is 1. The van der Waals surface area contributed by atoms with Gasteiger partial charge in [0, 0.05) is 12.6 Å². The van der Waals surface area contributed by atoms with E-state index < -0.39 is 18.4 Å².